The molecule has 0 unspecified atom stereocenters. The lowest BCUT2D eigenvalue weighted by Gasteiger charge is -2.14. The van der Waals surface area contributed by atoms with Gasteiger partial charge in [-0.1, -0.05) is 29.8 Å². The Hall–Kier alpha value is -3.71. The van der Waals surface area contributed by atoms with E-state index >= 15 is 0 Å². The highest BCUT2D eigenvalue weighted by atomic mass is 35.5. The van der Waals surface area contributed by atoms with Crippen LogP contribution in [-0.4, -0.2) is 15.0 Å². The molecule has 1 aromatic heterocycles. The number of nitrogens with one attached hydrogen (secondary N) is 1. The third-order valence-electron chi connectivity index (χ3n) is 4.55. The number of carbonyl (C=O) groups excluding carboxylic acids is 1. The molecule has 0 aliphatic rings. The van der Waals surface area contributed by atoms with Crippen LogP contribution in [0.3, 0.4) is 0 Å². The minimum atomic E-state index is -0.671. The second-order valence-electron chi connectivity index (χ2n) is 6.56. The largest absolute Gasteiger partial charge is 0.336 e. The molecule has 1 amide bonds. The summed E-state index contributed by atoms with van der Waals surface area (Å²) >= 11 is 6.03. The smallest absolute Gasteiger partial charge is 0.325 e. The Balaban J connectivity index is 1.83. The first-order chi connectivity index (χ1) is 14.4. The molecular weight excluding hydrogens is 409 g/mol. The van der Waals surface area contributed by atoms with Crippen LogP contribution in [0.25, 0.3) is 16.6 Å². The number of benzene rings is 3. The van der Waals surface area contributed by atoms with Crippen LogP contribution in [-0.2, 0) is 11.3 Å². The molecular formula is C22H15ClFN3O3. The Morgan fingerprint density at radius 3 is 2.43 bits per heavy atom. The lowest BCUT2D eigenvalue weighted by atomic mass is 10.2. The number of rotatable bonds is 4. The Morgan fingerprint density at radius 1 is 0.967 bits per heavy atom. The fourth-order valence-electron chi connectivity index (χ4n) is 3.19. The highest BCUT2D eigenvalue weighted by Crippen LogP contribution is 2.15. The molecule has 0 atom stereocenters. The van der Waals surface area contributed by atoms with Crippen molar-refractivity contribution in [2.45, 2.75) is 6.54 Å². The van der Waals surface area contributed by atoms with Crippen molar-refractivity contribution in [3.05, 3.63) is 104 Å². The van der Waals surface area contributed by atoms with Gasteiger partial charge < -0.3 is 5.32 Å². The first-order valence-electron chi connectivity index (χ1n) is 9.00. The van der Waals surface area contributed by atoms with Gasteiger partial charge in [0, 0.05) is 10.7 Å². The fourth-order valence-corrected chi connectivity index (χ4v) is 3.38. The Kier molecular flexibility index (Phi) is 5.20. The van der Waals surface area contributed by atoms with Crippen LogP contribution >= 0.6 is 11.6 Å². The average molecular weight is 424 g/mol. The molecule has 0 saturated carbocycles. The van der Waals surface area contributed by atoms with E-state index in [2.05, 4.69) is 5.32 Å². The van der Waals surface area contributed by atoms with Gasteiger partial charge in [-0.3, -0.25) is 14.2 Å². The second-order valence-corrected chi connectivity index (χ2v) is 7.00. The maximum Gasteiger partial charge on any atom is 0.336 e. The van der Waals surface area contributed by atoms with Crippen LogP contribution in [0.1, 0.15) is 0 Å². The minimum Gasteiger partial charge on any atom is -0.325 e. The molecule has 150 valence electrons. The number of carbonyl (C=O) groups is 1. The summed E-state index contributed by atoms with van der Waals surface area (Å²) in [6.45, 7) is -0.336. The molecule has 8 heteroatoms. The van der Waals surface area contributed by atoms with Crippen molar-refractivity contribution in [2.75, 3.05) is 5.32 Å². The van der Waals surface area contributed by atoms with Gasteiger partial charge in [0.25, 0.3) is 5.56 Å². The van der Waals surface area contributed by atoms with Crippen molar-refractivity contribution >= 4 is 34.1 Å². The summed E-state index contributed by atoms with van der Waals surface area (Å²) < 4.78 is 15.3. The summed E-state index contributed by atoms with van der Waals surface area (Å²) in [5.74, 6) is -0.922. The standard InChI is InChI=1S/C22H15ClFN3O3/c23-14-4-3-5-17(12-14)27-21(29)18-6-1-2-7-19(18)26(22(27)30)13-20(28)25-16-10-8-15(24)9-11-16/h1-12H,13H2,(H,25,28). The van der Waals surface area contributed by atoms with E-state index in [1.165, 1.54) is 34.9 Å². The van der Waals surface area contributed by atoms with Crippen molar-refractivity contribution in [1.29, 1.82) is 0 Å². The first kappa shape index (κ1) is 19.6. The molecule has 0 saturated heterocycles. The van der Waals surface area contributed by atoms with E-state index in [0.717, 1.165) is 4.57 Å². The molecule has 1 N–H and O–H groups in total. The summed E-state index contributed by atoms with van der Waals surface area (Å²) in [6.07, 6.45) is 0. The number of fused-ring (bicyclic) bond motifs is 1. The third-order valence-corrected chi connectivity index (χ3v) is 4.78. The Bertz CT molecular complexity index is 1380. The van der Waals surface area contributed by atoms with Crippen LogP contribution in [0.4, 0.5) is 10.1 Å². The quantitative estimate of drug-likeness (QED) is 0.545. The third kappa shape index (κ3) is 3.75. The zero-order valence-corrected chi connectivity index (χ0v) is 16.3. The summed E-state index contributed by atoms with van der Waals surface area (Å²) in [6, 6.07) is 18.2. The molecule has 30 heavy (non-hydrogen) atoms. The molecule has 0 fully saturated rings. The van der Waals surface area contributed by atoms with Gasteiger partial charge in [-0.15, -0.1) is 0 Å². The Labute approximate surface area is 174 Å². The number of hydrogen-bond donors (Lipinski definition) is 1. The maximum absolute atomic E-state index is 13.2. The molecule has 0 spiro atoms. The first-order valence-corrected chi connectivity index (χ1v) is 9.38. The van der Waals surface area contributed by atoms with Crippen LogP contribution in [0, 0.1) is 5.82 Å². The van der Waals surface area contributed by atoms with E-state index in [-0.39, 0.29) is 11.9 Å². The molecule has 4 aromatic rings. The van der Waals surface area contributed by atoms with Crippen LogP contribution in [0.15, 0.2) is 82.4 Å². The molecule has 0 bridgehead atoms. The Morgan fingerprint density at radius 2 is 1.70 bits per heavy atom. The number of amides is 1. The van der Waals surface area contributed by atoms with Gasteiger partial charge in [0.2, 0.25) is 5.91 Å². The van der Waals surface area contributed by atoms with Crippen molar-refractivity contribution in [2.24, 2.45) is 0 Å². The maximum atomic E-state index is 13.2. The van der Waals surface area contributed by atoms with E-state index in [4.69, 9.17) is 11.6 Å². The topological polar surface area (TPSA) is 73.1 Å². The fraction of sp³-hybridized carbons (Fsp3) is 0.0455. The van der Waals surface area contributed by atoms with Gasteiger partial charge in [-0.05, 0) is 54.6 Å². The number of anilines is 1. The summed E-state index contributed by atoms with van der Waals surface area (Å²) in [5.41, 5.74) is -0.152. The van der Waals surface area contributed by atoms with Crippen molar-refractivity contribution < 1.29 is 9.18 Å². The van der Waals surface area contributed by atoms with Gasteiger partial charge in [-0.2, -0.15) is 0 Å². The molecule has 1 heterocycles. The van der Waals surface area contributed by atoms with Gasteiger partial charge in [0.1, 0.15) is 12.4 Å². The lowest BCUT2D eigenvalue weighted by Crippen LogP contribution is -2.40. The molecule has 3 aromatic carbocycles. The van der Waals surface area contributed by atoms with E-state index < -0.39 is 23.0 Å². The zero-order chi connectivity index (χ0) is 21.3. The molecule has 0 aliphatic carbocycles. The molecule has 0 radical (unpaired) electrons. The molecule has 0 aliphatic heterocycles. The number of para-hydroxylation sites is 1. The van der Waals surface area contributed by atoms with E-state index in [1.54, 1.807) is 42.5 Å². The highest BCUT2D eigenvalue weighted by molar-refractivity contribution is 6.30. The number of hydrogen-bond acceptors (Lipinski definition) is 3. The van der Waals surface area contributed by atoms with Crippen LogP contribution in [0.2, 0.25) is 5.02 Å². The monoisotopic (exact) mass is 423 g/mol. The minimum absolute atomic E-state index is 0.284. The van der Waals surface area contributed by atoms with Crippen molar-refractivity contribution in [1.82, 2.24) is 9.13 Å². The molecule has 4 rings (SSSR count). The normalized spacial score (nSPS) is 10.9. The summed E-state index contributed by atoms with van der Waals surface area (Å²) in [5, 5.41) is 3.27. The van der Waals surface area contributed by atoms with Gasteiger partial charge in [0.05, 0.1) is 16.6 Å². The van der Waals surface area contributed by atoms with Gasteiger partial charge in [-0.25, -0.2) is 13.8 Å². The SMILES string of the molecule is O=C(Cn1c(=O)n(-c2cccc(Cl)c2)c(=O)c2ccccc21)Nc1ccc(F)cc1. The van der Waals surface area contributed by atoms with E-state index in [9.17, 15) is 18.8 Å². The molecule has 6 nitrogen and oxygen atoms in total. The predicted molar refractivity (Wildman–Crippen MR) is 114 cm³/mol. The number of nitrogens with zero attached hydrogens (tertiary/aromatic N) is 2. The summed E-state index contributed by atoms with van der Waals surface area (Å²) in [7, 11) is 0. The van der Waals surface area contributed by atoms with E-state index in [1.807, 2.05) is 0 Å². The predicted octanol–water partition coefficient (Wildman–Crippen LogP) is 3.58. The second kappa shape index (κ2) is 7.96. The van der Waals surface area contributed by atoms with E-state index in [0.29, 0.717) is 21.9 Å². The lowest BCUT2D eigenvalue weighted by molar-refractivity contribution is -0.116. The zero-order valence-electron chi connectivity index (χ0n) is 15.5. The summed E-state index contributed by atoms with van der Waals surface area (Å²) in [4.78, 5) is 38.8. The van der Waals surface area contributed by atoms with Crippen LogP contribution in [0.5, 0.6) is 0 Å². The van der Waals surface area contributed by atoms with Crippen molar-refractivity contribution in [3.63, 3.8) is 0 Å². The van der Waals surface area contributed by atoms with Crippen molar-refractivity contribution in [3.8, 4) is 5.69 Å². The van der Waals surface area contributed by atoms with Gasteiger partial charge in [0.15, 0.2) is 0 Å². The number of aromatic nitrogens is 2. The van der Waals surface area contributed by atoms with Gasteiger partial charge >= 0.3 is 5.69 Å². The highest BCUT2D eigenvalue weighted by Gasteiger charge is 2.16. The average Bonchev–Trinajstić information content (AvgIpc) is 2.73. The van der Waals surface area contributed by atoms with Crippen LogP contribution < -0.4 is 16.6 Å². The number of halogens is 2.